The molecule has 4 nitrogen and oxygen atoms in total. The number of fused-ring (bicyclic) bond motifs is 1. The fraction of sp³-hybridized carbons (Fsp3) is 0.0588. The van der Waals surface area contributed by atoms with Gasteiger partial charge < -0.3 is 19.9 Å². The van der Waals surface area contributed by atoms with Gasteiger partial charge in [-0.3, -0.25) is 0 Å². The van der Waals surface area contributed by atoms with Gasteiger partial charge in [0.05, 0.1) is 0 Å². The van der Waals surface area contributed by atoms with Gasteiger partial charge in [-0.2, -0.15) is 0 Å². The SMILES string of the molecule is c1cc2c3c(cccc3c1)NB(c1ccc3c(c1)OCO3)N2. The molecule has 0 aromatic heterocycles. The van der Waals surface area contributed by atoms with Crippen LogP contribution in [0, 0.1) is 0 Å². The Balaban J connectivity index is 1.59. The van der Waals surface area contributed by atoms with Crippen molar-refractivity contribution >= 4 is 34.6 Å². The van der Waals surface area contributed by atoms with Crippen molar-refractivity contribution in [1.82, 2.24) is 0 Å². The molecular weight excluding hydrogens is 275 g/mol. The van der Waals surface area contributed by atoms with Crippen LogP contribution < -0.4 is 25.4 Å². The number of rotatable bonds is 1. The zero-order chi connectivity index (χ0) is 14.5. The van der Waals surface area contributed by atoms with Crippen molar-refractivity contribution in [2.45, 2.75) is 0 Å². The summed E-state index contributed by atoms with van der Waals surface area (Å²) in [6.45, 7) is 0.307. The Hall–Kier alpha value is -2.82. The largest absolute Gasteiger partial charge is 0.454 e. The zero-order valence-corrected chi connectivity index (χ0v) is 11.8. The molecular formula is C17H13BN2O2. The number of anilines is 2. The summed E-state index contributed by atoms with van der Waals surface area (Å²) < 4.78 is 10.9. The first-order valence-electron chi connectivity index (χ1n) is 7.33. The van der Waals surface area contributed by atoms with Crippen molar-refractivity contribution in [2.24, 2.45) is 0 Å². The highest BCUT2D eigenvalue weighted by atomic mass is 16.7. The third kappa shape index (κ3) is 1.65. The third-order valence-corrected chi connectivity index (χ3v) is 4.23. The smallest absolute Gasteiger partial charge is 0.406 e. The van der Waals surface area contributed by atoms with Crippen LogP contribution in [0.1, 0.15) is 0 Å². The van der Waals surface area contributed by atoms with Crippen LogP contribution in [-0.2, 0) is 0 Å². The van der Waals surface area contributed by atoms with E-state index in [0.29, 0.717) is 6.79 Å². The molecule has 0 amide bonds. The van der Waals surface area contributed by atoms with E-state index in [1.165, 1.54) is 10.8 Å². The third-order valence-electron chi connectivity index (χ3n) is 4.23. The van der Waals surface area contributed by atoms with Gasteiger partial charge in [0.15, 0.2) is 11.5 Å². The van der Waals surface area contributed by atoms with Gasteiger partial charge in [0, 0.05) is 16.8 Å². The lowest BCUT2D eigenvalue weighted by atomic mass is 9.66. The summed E-state index contributed by atoms with van der Waals surface area (Å²) in [6, 6.07) is 18.7. The van der Waals surface area contributed by atoms with Crippen molar-refractivity contribution in [1.29, 1.82) is 0 Å². The van der Waals surface area contributed by atoms with Crippen LogP contribution in [0.2, 0.25) is 0 Å². The van der Waals surface area contributed by atoms with Gasteiger partial charge >= 0.3 is 6.98 Å². The van der Waals surface area contributed by atoms with Crippen molar-refractivity contribution in [3.05, 3.63) is 54.6 Å². The maximum atomic E-state index is 5.48. The second kappa shape index (κ2) is 4.34. The van der Waals surface area contributed by atoms with Gasteiger partial charge in [-0.15, -0.1) is 0 Å². The minimum Gasteiger partial charge on any atom is -0.454 e. The first-order valence-corrected chi connectivity index (χ1v) is 7.33. The first-order chi connectivity index (χ1) is 10.9. The van der Waals surface area contributed by atoms with Crippen LogP contribution in [0.4, 0.5) is 11.4 Å². The molecule has 0 unspecified atom stereocenters. The lowest BCUT2D eigenvalue weighted by Gasteiger charge is -2.26. The molecule has 0 aliphatic carbocycles. The molecule has 2 aliphatic rings. The molecule has 5 rings (SSSR count). The van der Waals surface area contributed by atoms with Crippen molar-refractivity contribution in [3.63, 3.8) is 0 Å². The summed E-state index contributed by atoms with van der Waals surface area (Å²) in [5.41, 5.74) is 3.42. The highest BCUT2D eigenvalue weighted by Gasteiger charge is 2.27. The van der Waals surface area contributed by atoms with E-state index in [2.05, 4.69) is 52.9 Å². The van der Waals surface area contributed by atoms with E-state index < -0.39 is 0 Å². The molecule has 0 atom stereocenters. The quantitative estimate of drug-likeness (QED) is 0.676. The molecule has 3 aromatic rings. The Labute approximate surface area is 128 Å². The van der Waals surface area contributed by atoms with E-state index >= 15 is 0 Å². The summed E-state index contributed by atoms with van der Waals surface area (Å²) in [4.78, 5) is 0. The predicted molar refractivity (Wildman–Crippen MR) is 89.1 cm³/mol. The average Bonchev–Trinajstić information content (AvgIpc) is 3.03. The fourth-order valence-corrected chi connectivity index (χ4v) is 3.19. The molecule has 2 heterocycles. The van der Waals surface area contributed by atoms with Crippen molar-refractivity contribution in [3.8, 4) is 11.5 Å². The minimum absolute atomic E-state index is 0.00926. The van der Waals surface area contributed by atoms with E-state index in [0.717, 1.165) is 28.3 Å². The van der Waals surface area contributed by atoms with Crippen LogP contribution in [0.15, 0.2) is 54.6 Å². The topological polar surface area (TPSA) is 42.5 Å². The predicted octanol–water partition coefficient (Wildman–Crippen LogP) is 2.80. The Morgan fingerprint density at radius 1 is 0.818 bits per heavy atom. The highest BCUT2D eigenvalue weighted by molar-refractivity contribution is 6.80. The summed E-state index contributed by atoms with van der Waals surface area (Å²) in [5, 5.41) is 9.60. The summed E-state index contributed by atoms with van der Waals surface area (Å²) >= 11 is 0. The maximum Gasteiger partial charge on any atom is 0.406 e. The van der Waals surface area contributed by atoms with Crippen molar-refractivity contribution in [2.75, 3.05) is 17.2 Å². The van der Waals surface area contributed by atoms with Gasteiger partial charge in [-0.05, 0) is 35.1 Å². The molecule has 0 spiro atoms. The maximum absolute atomic E-state index is 5.48. The number of hydrogen-bond donors (Lipinski definition) is 2. The second-order valence-corrected chi connectivity index (χ2v) is 5.54. The van der Waals surface area contributed by atoms with Gasteiger partial charge in [-0.1, -0.05) is 30.3 Å². The van der Waals surface area contributed by atoms with Gasteiger partial charge in [0.2, 0.25) is 6.79 Å². The van der Waals surface area contributed by atoms with E-state index in [9.17, 15) is 0 Å². The number of nitrogens with one attached hydrogen (secondary N) is 2. The number of ether oxygens (including phenoxy) is 2. The van der Waals surface area contributed by atoms with Crippen LogP contribution in [0.5, 0.6) is 11.5 Å². The van der Waals surface area contributed by atoms with Crippen molar-refractivity contribution < 1.29 is 9.47 Å². The molecule has 0 fully saturated rings. The number of benzene rings is 3. The van der Waals surface area contributed by atoms with Crippen LogP contribution >= 0.6 is 0 Å². The summed E-state index contributed by atoms with van der Waals surface area (Å²) in [5.74, 6) is 1.61. The van der Waals surface area contributed by atoms with Gasteiger partial charge in [-0.25, -0.2) is 0 Å². The molecule has 22 heavy (non-hydrogen) atoms. The lowest BCUT2D eigenvalue weighted by molar-refractivity contribution is 0.174. The Morgan fingerprint density at radius 3 is 2.32 bits per heavy atom. The van der Waals surface area contributed by atoms with Crippen LogP contribution in [0.3, 0.4) is 0 Å². The first kappa shape index (κ1) is 11.8. The average molecular weight is 288 g/mol. The van der Waals surface area contributed by atoms with Crippen LogP contribution in [-0.4, -0.2) is 13.8 Å². The van der Waals surface area contributed by atoms with Crippen LogP contribution in [0.25, 0.3) is 10.8 Å². The molecule has 0 bridgehead atoms. The molecule has 0 saturated heterocycles. The van der Waals surface area contributed by atoms with E-state index in [-0.39, 0.29) is 6.98 Å². The molecule has 106 valence electrons. The van der Waals surface area contributed by atoms with E-state index in [4.69, 9.17) is 9.47 Å². The molecule has 3 aromatic carbocycles. The van der Waals surface area contributed by atoms with Gasteiger partial charge in [0.25, 0.3) is 0 Å². The summed E-state index contributed by atoms with van der Waals surface area (Å²) in [7, 11) is 0. The molecule has 0 radical (unpaired) electrons. The Bertz CT molecular complexity index is 856. The second-order valence-electron chi connectivity index (χ2n) is 5.54. The summed E-state index contributed by atoms with van der Waals surface area (Å²) in [6.07, 6.45) is 0. The molecule has 2 aliphatic heterocycles. The monoisotopic (exact) mass is 288 g/mol. The highest BCUT2D eigenvalue weighted by Crippen LogP contribution is 2.35. The van der Waals surface area contributed by atoms with E-state index in [1.54, 1.807) is 0 Å². The lowest BCUT2D eigenvalue weighted by Crippen LogP contribution is -2.47. The molecule has 2 N–H and O–H groups in total. The molecule has 5 heteroatoms. The molecule has 0 saturated carbocycles. The Kier molecular flexibility index (Phi) is 2.33. The Morgan fingerprint density at radius 2 is 1.55 bits per heavy atom. The van der Waals surface area contributed by atoms with E-state index in [1.807, 2.05) is 12.1 Å². The zero-order valence-electron chi connectivity index (χ0n) is 11.8. The minimum atomic E-state index is 0.00926. The number of hydrogen-bond acceptors (Lipinski definition) is 4. The standard InChI is InChI=1S/C17H13BN2O2/c1-3-11-4-2-6-14-17(11)13(5-1)19-18(20-14)12-7-8-15-16(9-12)22-10-21-15/h1-9,19-20H,10H2. The van der Waals surface area contributed by atoms with Gasteiger partial charge in [0.1, 0.15) is 0 Å². The fourth-order valence-electron chi connectivity index (χ4n) is 3.19. The normalized spacial score (nSPS) is 14.6.